The molecule has 1 amide bonds. The van der Waals surface area contributed by atoms with Crippen LogP contribution in [0.25, 0.3) is 11.1 Å². The highest BCUT2D eigenvalue weighted by molar-refractivity contribution is 5.94. The van der Waals surface area contributed by atoms with Crippen molar-refractivity contribution >= 4 is 5.91 Å². The molecule has 0 spiro atoms. The van der Waals surface area contributed by atoms with Crippen LogP contribution in [0.5, 0.6) is 0 Å². The third-order valence-electron chi connectivity index (χ3n) is 5.15. The molecule has 1 aliphatic heterocycles. The Labute approximate surface area is 157 Å². The van der Waals surface area contributed by atoms with Crippen LogP contribution in [-0.2, 0) is 0 Å². The van der Waals surface area contributed by atoms with Crippen molar-refractivity contribution in [3.63, 3.8) is 0 Å². The number of hydrogen-bond acceptors (Lipinski definition) is 3. The maximum atomic E-state index is 12.6. The van der Waals surface area contributed by atoms with Gasteiger partial charge in [-0.25, -0.2) is 0 Å². The van der Waals surface area contributed by atoms with E-state index in [0.717, 1.165) is 56.8 Å². The van der Waals surface area contributed by atoms with E-state index in [1.807, 2.05) is 54.4 Å². The summed E-state index contributed by atoms with van der Waals surface area (Å²) in [6.45, 7) is 6.42. The Balaban J connectivity index is 1.48. The van der Waals surface area contributed by atoms with Crippen molar-refractivity contribution in [3.05, 3.63) is 60.2 Å². The molecule has 0 bridgehead atoms. The van der Waals surface area contributed by atoms with Crippen LogP contribution in [0.1, 0.15) is 16.8 Å². The summed E-state index contributed by atoms with van der Waals surface area (Å²) < 4.78 is 0. The van der Waals surface area contributed by atoms with Crippen LogP contribution < -0.4 is 0 Å². The summed E-state index contributed by atoms with van der Waals surface area (Å²) in [5.41, 5.74) is 3.07. The van der Waals surface area contributed by atoms with E-state index >= 15 is 0 Å². The Morgan fingerprint density at radius 1 is 0.923 bits per heavy atom. The van der Waals surface area contributed by atoms with Gasteiger partial charge in [0.1, 0.15) is 0 Å². The normalized spacial score (nSPS) is 15.8. The van der Waals surface area contributed by atoms with Gasteiger partial charge in [0.2, 0.25) is 0 Å². The third kappa shape index (κ3) is 4.93. The van der Waals surface area contributed by atoms with E-state index in [2.05, 4.69) is 29.0 Å². The van der Waals surface area contributed by atoms with Gasteiger partial charge in [-0.1, -0.05) is 42.5 Å². The van der Waals surface area contributed by atoms with Crippen LogP contribution in [0.2, 0.25) is 0 Å². The molecule has 2 aromatic rings. The maximum Gasteiger partial charge on any atom is 0.253 e. The molecule has 2 aromatic carbocycles. The van der Waals surface area contributed by atoms with Gasteiger partial charge in [0.15, 0.2) is 0 Å². The number of rotatable bonds is 6. The Bertz CT molecular complexity index is 691. The van der Waals surface area contributed by atoms with E-state index in [1.54, 1.807) is 0 Å². The molecule has 1 aliphatic rings. The molecule has 4 heteroatoms. The number of nitrogens with zero attached hydrogens (tertiary/aromatic N) is 3. The first-order chi connectivity index (χ1) is 12.6. The van der Waals surface area contributed by atoms with Gasteiger partial charge in [0.25, 0.3) is 5.91 Å². The number of hydrogen-bond donors (Lipinski definition) is 0. The highest BCUT2D eigenvalue weighted by atomic mass is 16.2. The molecule has 0 atom stereocenters. The molecule has 0 aromatic heterocycles. The predicted octanol–water partition coefficient (Wildman–Crippen LogP) is 3.06. The van der Waals surface area contributed by atoms with Gasteiger partial charge >= 0.3 is 0 Å². The molecule has 26 heavy (non-hydrogen) atoms. The van der Waals surface area contributed by atoms with Crippen LogP contribution in [-0.4, -0.2) is 74.0 Å². The number of amides is 1. The zero-order valence-corrected chi connectivity index (χ0v) is 15.9. The first kappa shape index (κ1) is 18.6. The van der Waals surface area contributed by atoms with Crippen LogP contribution in [0.3, 0.4) is 0 Å². The summed E-state index contributed by atoms with van der Waals surface area (Å²) in [6, 6.07) is 18.2. The molecule has 0 N–H and O–H groups in total. The number of likely N-dealkylation sites (N-methyl/N-ethyl adjacent to an activating group) is 1. The lowest BCUT2D eigenvalue weighted by atomic mass is 10.0. The van der Waals surface area contributed by atoms with Gasteiger partial charge in [-0.2, -0.15) is 0 Å². The van der Waals surface area contributed by atoms with Crippen LogP contribution in [0.15, 0.2) is 54.6 Å². The van der Waals surface area contributed by atoms with E-state index in [-0.39, 0.29) is 5.91 Å². The van der Waals surface area contributed by atoms with Gasteiger partial charge in [-0.05, 0) is 43.3 Å². The van der Waals surface area contributed by atoms with E-state index in [9.17, 15) is 4.79 Å². The van der Waals surface area contributed by atoms with Crippen LogP contribution in [0.4, 0.5) is 0 Å². The van der Waals surface area contributed by atoms with E-state index in [1.165, 1.54) is 5.56 Å². The molecule has 3 rings (SSSR count). The smallest absolute Gasteiger partial charge is 0.253 e. The summed E-state index contributed by atoms with van der Waals surface area (Å²) in [6.07, 6.45) is 1.02. The minimum absolute atomic E-state index is 0.1000. The molecule has 0 aliphatic carbocycles. The fourth-order valence-electron chi connectivity index (χ4n) is 3.36. The van der Waals surface area contributed by atoms with Crippen molar-refractivity contribution in [2.24, 2.45) is 0 Å². The molecule has 0 saturated carbocycles. The second-order valence-electron chi connectivity index (χ2n) is 7.17. The quantitative estimate of drug-likeness (QED) is 0.800. The largest absolute Gasteiger partial charge is 0.342 e. The van der Waals surface area contributed by atoms with E-state index < -0.39 is 0 Å². The summed E-state index contributed by atoms with van der Waals surface area (Å²) >= 11 is 0. The summed E-state index contributed by atoms with van der Waals surface area (Å²) in [5, 5.41) is 0. The Hall–Kier alpha value is -2.17. The lowest BCUT2D eigenvalue weighted by molar-refractivity contribution is 0.0783. The Kier molecular flexibility index (Phi) is 6.42. The zero-order valence-electron chi connectivity index (χ0n) is 15.9. The van der Waals surface area contributed by atoms with Crippen molar-refractivity contribution in [1.29, 1.82) is 0 Å². The lowest BCUT2D eigenvalue weighted by Gasteiger charge is -2.32. The van der Waals surface area contributed by atoms with Crippen molar-refractivity contribution in [2.75, 3.05) is 53.4 Å². The molecule has 0 radical (unpaired) electrons. The van der Waals surface area contributed by atoms with Crippen molar-refractivity contribution in [2.45, 2.75) is 6.42 Å². The van der Waals surface area contributed by atoms with Gasteiger partial charge in [-0.3, -0.25) is 4.79 Å². The molecule has 1 heterocycles. The maximum absolute atomic E-state index is 12.6. The van der Waals surface area contributed by atoms with Crippen LogP contribution in [0, 0.1) is 0 Å². The minimum Gasteiger partial charge on any atom is -0.342 e. The highest BCUT2D eigenvalue weighted by Gasteiger charge is 2.15. The Morgan fingerprint density at radius 2 is 1.54 bits per heavy atom. The number of carbonyl (C=O) groups excluding carboxylic acids is 1. The van der Waals surface area contributed by atoms with Crippen molar-refractivity contribution in [1.82, 2.24) is 14.7 Å². The minimum atomic E-state index is 0.1000. The third-order valence-corrected chi connectivity index (χ3v) is 5.15. The first-order valence-electron chi connectivity index (χ1n) is 9.45. The van der Waals surface area contributed by atoms with Crippen molar-refractivity contribution < 1.29 is 4.79 Å². The molecule has 1 saturated heterocycles. The van der Waals surface area contributed by atoms with Gasteiger partial charge in [0.05, 0.1) is 0 Å². The molecule has 0 unspecified atom stereocenters. The molecule has 4 nitrogen and oxygen atoms in total. The van der Waals surface area contributed by atoms with Crippen LogP contribution >= 0.6 is 0 Å². The first-order valence-corrected chi connectivity index (χ1v) is 9.45. The fraction of sp³-hybridized carbons (Fsp3) is 0.409. The SMILES string of the molecule is CN1CCN(CCCN(C)C(=O)c2ccc(-c3ccccc3)cc2)CC1. The topological polar surface area (TPSA) is 26.8 Å². The van der Waals surface area contributed by atoms with Gasteiger partial charge in [0, 0.05) is 45.3 Å². The zero-order chi connectivity index (χ0) is 18.4. The van der Waals surface area contributed by atoms with Crippen molar-refractivity contribution in [3.8, 4) is 11.1 Å². The van der Waals surface area contributed by atoms with Gasteiger partial charge in [-0.15, -0.1) is 0 Å². The van der Waals surface area contributed by atoms with E-state index in [0.29, 0.717) is 0 Å². The van der Waals surface area contributed by atoms with E-state index in [4.69, 9.17) is 0 Å². The Morgan fingerprint density at radius 3 is 2.19 bits per heavy atom. The average Bonchev–Trinajstić information content (AvgIpc) is 2.69. The highest BCUT2D eigenvalue weighted by Crippen LogP contribution is 2.19. The standard InChI is InChI=1S/C22H29N3O/c1-23-15-17-25(18-16-23)14-6-13-24(2)22(26)21-11-9-20(10-12-21)19-7-4-3-5-8-19/h3-5,7-12H,6,13-18H2,1-2H3. The monoisotopic (exact) mass is 351 g/mol. The molecular weight excluding hydrogens is 322 g/mol. The number of benzene rings is 2. The second kappa shape index (κ2) is 8.97. The second-order valence-corrected chi connectivity index (χ2v) is 7.17. The lowest BCUT2D eigenvalue weighted by Crippen LogP contribution is -2.45. The summed E-state index contributed by atoms with van der Waals surface area (Å²) in [5.74, 6) is 0.1000. The summed E-state index contributed by atoms with van der Waals surface area (Å²) in [4.78, 5) is 19.3. The summed E-state index contributed by atoms with van der Waals surface area (Å²) in [7, 11) is 4.07. The number of piperazine rings is 1. The number of carbonyl (C=O) groups is 1. The van der Waals surface area contributed by atoms with Gasteiger partial charge < -0.3 is 14.7 Å². The average molecular weight is 351 g/mol. The fourth-order valence-corrected chi connectivity index (χ4v) is 3.36. The molecular formula is C22H29N3O. The molecule has 138 valence electrons. The molecule has 1 fully saturated rings. The predicted molar refractivity (Wildman–Crippen MR) is 107 cm³/mol.